The van der Waals surface area contributed by atoms with Gasteiger partial charge in [0.05, 0.1) is 5.75 Å². The molecule has 0 N–H and O–H groups in total. The summed E-state index contributed by atoms with van der Waals surface area (Å²) in [6.45, 7) is 1.97. The number of aromatic nitrogens is 4. The highest BCUT2D eigenvalue weighted by molar-refractivity contribution is 7.88. The second kappa shape index (κ2) is 7.86. The third kappa shape index (κ3) is 4.16. The van der Waals surface area contributed by atoms with Crippen molar-refractivity contribution in [2.75, 3.05) is 31.1 Å². The highest BCUT2D eigenvalue weighted by Crippen LogP contribution is 2.19. The summed E-state index contributed by atoms with van der Waals surface area (Å²) in [5.74, 6) is 1.47. The first-order valence-corrected chi connectivity index (χ1v) is 10.8. The molecule has 10 heteroatoms. The smallest absolute Gasteiger partial charge is 0.218 e. The second-order valence-corrected chi connectivity index (χ2v) is 8.88. The standard InChI is InChI=1S/C18H19ClN6O2S/c19-16-3-1-15(2-4-16)12-28(26,27)25-9-7-23(8-10-25)17-11-18(22-13-21-17)24-6-5-20-14-24/h1-6,11,13-14H,7-10,12H2. The molecule has 1 aliphatic rings. The van der Waals surface area contributed by atoms with E-state index in [1.165, 1.54) is 10.6 Å². The summed E-state index contributed by atoms with van der Waals surface area (Å²) in [5.41, 5.74) is 0.729. The molecule has 1 saturated heterocycles. The second-order valence-electron chi connectivity index (χ2n) is 6.47. The fourth-order valence-corrected chi connectivity index (χ4v) is 4.77. The number of rotatable bonds is 5. The minimum absolute atomic E-state index is 0.0253. The van der Waals surface area contributed by atoms with Crippen LogP contribution in [0.2, 0.25) is 5.02 Å². The van der Waals surface area contributed by atoms with E-state index in [0.717, 1.165) is 17.2 Å². The molecule has 8 nitrogen and oxygen atoms in total. The average molecular weight is 419 g/mol. The molecule has 28 heavy (non-hydrogen) atoms. The summed E-state index contributed by atoms with van der Waals surface area (Å²) in [6.07, 6.45) is 6.68. The molecule has 0 spiro atoms. The molecule has 4 rings (SSSR count). The molecule has 0 unspecified atom stereocenters. The van der Waals surface area contributed by atoms with Crippen LogP contribution in [0.3, 0.4) is 0 Å². The highest BCUT2D eigenvalue weighted by Gasteiger charge is 2.27. The van der Waals surface area contributed by atoms with E-state index in [9.17, 15) is 8.42 Å². The van der Waals surface area contributed by atoms with Crippen LogP contribution in [0.25, 0.3) is 5.82 Å². The van der Waals surface area contributed by atoms with Gasteiger partial charge in [-0.25, -0.2) is 23.4 Å². The highest BCUT2D eigenvalue weighted by atomic mass is 35.5. The van der Waals surface area contributed by atoms with Gasteiger partial charge in [-0.05, 0) is 17.7 Å². The van der Waals surface area contributed by atoms with Crippen LogP contribution in [-0.4, -0.2) is 58.4 Å². The maximum atomic E-state index is 12.7. The lowest BCUT2D eigenvalue weighted by atomic mass is 10.2. The van der Waals surface area contributed by atoms with Crippen molar-refractivity contribution in [3.8, 4) is 5.82 Å². The Morgan fingerprint density at radius 2 is 1.71 bits per heavy atom. The zero-order chi connectivity index (χ0) is 19.6. The molecule has 0 radical (unpaired) electrons. The Morgan fingerprint density at radius 3 is 2.39 bits per heavy atom. The maximum Gasteiger partial charge on any atom is 0.218 e. The summed E-state index contributed by atoms with van der Waals surface area (Å²) < 4.78 is 28.8. The molecule has 0 amide bonds. The molecule has 0 bridgehead atoms. The molecule has 0 atom stereocenters. The maximum absolute atomic E-state index is 12.7. The van der Waals surface area contributed by atoms with E-state index in [2.05, 4.69) is 19.9 Å². The van der Waals surface area contributed by atoms with Gasteiger partial charge in [-0.3, -0.25) is 4.57 Å². The zero-order valence-corrected chi connectivity index (χ0v) is 16.6. The van der Waals surface area contributed by atoms with Crippen molar-refractivity contribution in [3.05, 3.63) is 66.0 Å². The minimum Gasteiger partial charge on any atom is -0.354 e. The predicted octanol–water partition coefficient (Wildman–Crippen LogP) is 1.97. The Kier molecular flexibility index (Phi) is 5.29. The molecule has 2 aromatic heterocycles. The molecule has 3 aromatic rings. The SMILES string of the molecule is O=S(=O)(Cc1ccc(Cl)cc1)N1CCN(c2cc(-n3ccnc3)ncn2)CC1. The van der Waals surface area contributed by atoms with Crippen molar-refractivity contribution in [3.63, 3.8) is 0 Å². The summed E-state index contributed by atoms with van der Waals surface area (Å²) in [7, 11) is -3.38. The number of imidazole rings is 1. The van der Waals surface area contributed by atoms with Gasteiger partial charge < -0.3 is 4.90 Å². The number of hydrogen-bond acceptors (Lipinski definition) is 6. The monoisotopic (exact) mass is 418 g/mol. The van der Waals surface area contributed by atoms with Gasteiger partial charge in [-0.2, -0.15) is 4.31 Å². The van der Waals surface area contributed by atoms with Crippen LogP contribution in [0.15, 0.2) is 55.4 Å². The Balaban J connectivity index is 1.42. The fourth-order valence-electron chi connectivity index (χ4n) is 3.12. The predicted molar refractivity (Wildman–Crippen MR) is 107 cm³/mol. The normalized spacial score (nSPS) is 15.7. The summed E-state index contributed by atoms with van der Waals surface area (Å²) in [5, 5.41) is 0.592. The van der Waals surface area contributed by atoms with Gasteiger partial charge in [-0.1, -0.05) is 23.7 Å². The Labute approximate surface area is 168 Å². The van der Waals surface area contributed by atoms with Gasteiger partial charge in [0.2, 0.25) is 10.0 Å². The van der Waals surface area contributed by atoms with Gasteiger partial charge >= 0.3 is 0 Å². The summed E-state index contributed by atoms with van der Waals surface area (Å²) in [6, 6.07) is 8.78. The molecule has 0 aliphatic carbocycles. The average Bonchev–Trinajstić information content (AvgIpc) is 3.25. The third-order valence-electron chi connectivity index (χ3n) is 4.63. The number of nitrogens with zero attached hydrogens (tertiary/aromatic N) is 6. The van der Waals surface area contributed by atoms with Crippen molar-refractivity contribution < 1.29 is 8.42 Å². The quantitative estimate of drug-likeness (QED) is 0.629. The van der Waals surface area contributed by atoms with Gasteiger partial charge in [0.1, 0.15) is 24.3 Å². The van der Waals surface area contributed by atoms with E-state index in [0.29, 0.717) is 31.2 Å². The van der Waals surface area contributed by atoms with Crippen LogP contribution >= 0.6 is 11.6 Å². The lowest BCUT2D eigenvalue weighted by Gasteiger charge is -2.34. The van der Waals surface area contributed by atoms with Crippen molar-refractivity contribution in [1.82, 2.24) is 23.8 Å². The van der Waals surface area contributed by atoms with Crippen molar-refractivity contribution in [2.24, 2.45) is 0 Å². The molecule has 0 saturated carbocycles. The molecular weight excluding hydrogens is 400 g/mol. The van der Waals surface area contributed by atoms with Crippen LogP contribution in [0.4, 0.5) is 5.82 Å². The van der Waals surface area contributed by atoms with E-state index in [1.54, 1.807) is 41.4 Å². The molecular formula is C18H19ClN6O2S. The Bertz CT molecular complexity index is 1030. The van der Waals surface area contributed by atoms with Gasteiger partial charge in [0.25, 0.3) is 0 Å². The topological polar surface area (TPSA) is 84.2 Å². The van der Waals surface area contributed by atoms with E-state index < -0.39 is 10.0 Å². The minimum atomic E-state index is -3.38. The van der Waals surface area contributed by atoms with Crippen molar-refractivity contribution >= 4 is 27.4 Å². The van der Waals surface area contributed by atoms with E-state index in [-0.39, 0.29) is 5.75 Å². The number of halogens is 1. The molecule has 1 fully saturated rings. The molecule has 1 aliphatic heterocycles. The summed E-state index contributed by atoms with van der Waals surface area (Å²) >= 11 is 5.87. The van der Waals surface area contributed by atoms with Gasteiger partial charge in [0.15, 0.2) is 0 Å². The largest absolute Gasteiger partial charge is 0.354 e. The number of benzene rings is 1. The van der Waals surface area contributed by atoms with E-state index in [4.69, 9.17) is 11.6 Å². The van der Waals surface area contributed by atoms with Crippen molar-refractivity contribution in [2.45, 2.75) is 5.75 Å². The van der Waals surface area contributed by atoms with Crippen LogP contribution in [0, 0.1) is 0 Å². The number of sulfonamides is 1. The van der Waals surface area contributed by atoms with E-state index >= 15 is 0 Å². The van der Waals surface area contributed by atoms with Crippen LogP contribution < -0.4 is 4.90 Å². The first-order chi connectivity index (χ1) is 13.5. The van der Waals surface area contributed by atoms with Crippen molar-refractivity contribution in [1.29, 1.82) is 0 Å². The first-order valence-electron chi connectivity index (χ1n) is 8.79. The molecule has 1 aromatic carbocycles. The lowest BCUT2D eigenvalue weighted by molar-refractivity contribution is 0.383. The Hall–Kier alpha value is -2.49. The van der Waals surface area contributed by atoms with Crippen LogP contribution in [0.5, 0.6) is 0 Å². The van der Waals surface area contributed by atoms with E-state index in [1.807, 2.05) is 12.3 Å². The molecule has 3 heterocycles. The number of piperazine rings is 1. The van der Waals surface area contributed by atoms with Crippen LogP contribution in [0.1, 0.15) is 5.56 Å². The van der Waals surface area contributed by atoms with Crippen LogP contribution in [-0.2, 0) is 15.8 Å². The number of hydrogen-bond donors (Lipinski definition) is 0. The molecule has 146 valence electrons. The number of anilines is 1. The summed E-state index contributed by atoms with van der Waals surface area (Å²) in [4.78, 5) is 14.7. The third-order valence-corrected chi connectivity index (χ3v) is 6.73. The van der Waals surface area contributed by atoms with Gasteiger partial charge in [0, 0.05) is 49.7 Å². The fraction of sp³-hybridized carbons (Fsp3) is 0.278. The first kappa shape index (κ1) is 18.9. The zero-order valence-electron chi connectivity index (χ0n) is 15.0. The Morgan fingerprint density at radius 1 is 1.00 bits per heavy atom. The van der Waals surface area contributed by atoms with Gasteiger partial charge in [-0.15, -0.1) is 0 Å². The lowest BCUT2D eigenvalue weighted by Crippen LogP contribution is -2.49.